The molecule has 1 aliphatic carbocycles. The molecule has 0 unspecified atom stereocenters. The van der Waals surface area contributed by atoms with Gasteiger partial charge in [-0.15, -0.1) is 0 Å². The van der Waals surface area contributed by atoms with Crippen molar-refractivity contribution in [2.45, 2.75) is 38.4 Å². The Bertz CT molecular complexity index is 363. The highest BCUT2D eigenvalue weighted by Gasteiger charge is 2.37. The molecule has 0 aromatic heterocycles. The van der Waals surface area contributed by atoms with Gasteiger partial charge in [-0.2, -0.15) is 0 Å². The summed E-state index contributed by atoms with van der Waals surface area (Å²) in [5.41, 5.74) is 0. The molecule has 1 fully saturated rings. The number of hydrogen-bond acceptors (Lipinski definition) is 4. The summed E-state index contributed by atoms with van der Waals surface area (Å²) < 4.78 is 11.4. The average Bonchev–Trinajstić information content (AvgIpc) is 3.27. The van der Waals surface area contributed by atoms with Crippen LogP contribution in [-0.2, 0) is 14.3 Å². The van der Waals surface area contributed by atoms with Crippen molar-refractivity contribution in [3.63, 3.8) is 0 Å². The van der Waals surface area contributed by atoms with Crippen molar-refractivity contribution in [3.8, 4) is 0 Å². The maximum Gasteiger partial charge on any atom is 0.288 e. The summed E-state index contributed by atoms with van der Waals surface area (Å²) >= 11 is 0. The van der Waals surface area contributed by atoms with Crippen LogP contribution < -0.4 is 0 Å². The van der Waals surface area contributed by atoms with Crippen LogP contribution in [0.5, 0.6) is 0 Å². The summed E-state index contributed by atoms with van der Waals surface area (Å²) in [5.74, 6) is 1.41. The number of amides is 1. The standard InChI is InChI=1S/C15H25NO4/c1-16(2)15(18)13-9-12(11-5-6-11)10-14(20-13)19-8-4-3-7-17/h9,11-12,14,17H,3-8,10H2,1-2H3/t12-,14+/m0/s1. The number of carbonyl (C=O) groups excluding carboxylic acids is 1. The van der Waals surface area contributed by atoms with Gasteiger partial charge in [0.1, 0.15) is 0 Å². The van der Waals surface area contributed by atoms with Crippen molar-refractivity contribution in [3.05, 3.63) is 11.8 Å². The second-order valence-corrected chi connectivity index (χ2v) is 5.82. The number of carbonyl (C=O) groups is 1. The summed E-state index contributed by atoms with van der Waals surface area (Å²) in [6, 6.07) is 0. The van der Waals surface area contributed by atoms with Gasteiger partial charge in [0.2, 0.25) is 6.29 Å². The molecule has 2 rings (SSSR count). The quantitative estimate of drug-likeness (QED) is 0.720. The lowest BCUT2D eigenvalue weighted by Crippen LogP contribution is -2.33. The third kappa shape index (κ3) is 4.21. The molecule has 5 nitrogen and oxygen atoms in total. The highest BCUT2D eigenvalue weighted by atomic mass is 16.7. The van der Waals surface area contributed by atoms with Crippen LogP contribution in [0.1, 0.15) is 32.1 Å². The highest BCUT2D eigenvalue weighted by molar-refractivity contribution is 5.91. The molecule has 0 spiro atoms. The molecule has 0 bridgehead atoms. The predicted octanol–water partition coefficient (Wildman–Crippen LogP) is 1.52. The van der Waals surface area contributed by atoms with Gasteiger partial charge < -0.3 is 19.5 Å². The van der Waals surface area contributed by atoms with Crippen LogP contribution in [-0.4, -0.2) is 49.5 Å². The third-order valence-electron chi connectivity index (χ3n) is 3.79. The Morgan fingerprint density at radius 2 is 2.20 bits per heavy atom. The van der Waals surface area contributed by atoms with Crippen LogP contribution in [0.3, 0.4) is 0 Å². The van der Waals surface area contributed by atoms with Gasteiger partial charge >= 0.3 is 0 Å². The minimum absolute atomic E-state index is 0.0979. The molecule has 0 radical (unpaired) electrons. The van der Waals surface area contributed by atoms with Crippen molar-refractivity contribution in [2.24, 2.45) is 11.8 Å². The Labute approximate surface area is 120 Å². The summed E-state index contributed by atoms with van der Waals surface area (Å²) in [6.07, 6.45) is 6.50. The first-order valence-corrected chi connectivity index (χ1v) is 7.44. The fourth-order valence-corrected chi connectivity index (χ4v) is 2.44. The first-order valence-electron chi connectivity index (χ1n) is 7.44. The van der Waals surface area contributed by atoms with E-state index in [0.29, 0.717) is 24.2 Å². The Morgan fingerprint density at radius 3 is 2.80 bits per heavy atom. The lowest BCUT2D eigenvalue weighted by Gasteiger charge is -2.30. The average molecular weight is 283 g/mol. The molecule has 1 saturated carbocycles. The molecule has 1 N–H and O–H groups in total. The van der Waals surface area contributed by atoms with E-state index < -0.39 is 0 Å². The molecule has 114 valence electrons. The molecule has 1 aliphatic heterocycles. The summed E-state index contributed by atoms with van der Waals surface area (Å²) in [4.78, 5) is 13.6. The third-order valence-corrected chi connectivity index (χ3v) is 3.79. The Balaban J connectivity index is 1.91. The molecular formula is C15H25NO4. The molecule has 1 heterocycles. The van der Waals surface area contributed by atoms with E-state index in [1.165, 1.54) is 17.7 Å². The number of unbranched alkanes of at least 4 members (excludes halogenated alkanes) is 1. The van der Waals surface area contributed by atoms with Crippen molar-refractivity contribution in [2.75, 3.05) is 27.3 Å². The zero-order valence-corrected chi connectivity index (χ0v) is 12.4. The normalized spacial score (nSPS) is 25.9. The van der Waals surface area contributed by atoms with Crippen molar-refractivity contribution in [1.82, 2.24) is 4.90 Å². The minimum atomic E-state index is -0.330. The van der Waals surface area contributed by atoms with Gasteiger partial charge in [0, 0.05) is 27.1 Å². The minimum Gasteiger partial charge on any atom is -0.459 e. The number of hydrogen-bond donors (Lipinski definition) is 1. The molecular weight excluding hydrogens is 258 g/mol. The number of aliphatic hydroxyl groups excluding tert-OH is 1. The maximum atomic E-state index is 12.1. The Kier molecular flexibility index (Phi) is 5.43. The maximum absolute atomic E-state index is 12.1. The number of likely N-dealkylation sites (N-methyl/N-ethyl adjacent to an activating group) is 1. The van der Waals surface area contributed by atoms with E-state index in [4.69, 9.17) is 14.6 Å². The number of nitrogens with zero attached hydrogens (tertiary/aromatic N) is 1. The van der Waals surface area contributed by atoms with Gasteiger partial charge in [0.25, 0.3) is 5.91 Å². The zero-order valence-electron chi connectivity index (χ0n) is 12.4. The monoisotopic (exact) mass is 283 g/mol. The van der Waals surface area contributed by atoms with Gasteiger partial charge in [-0.3, -0.25) is 4.79 Å². The first-order chi connectivity index (χ1) is 9.61. The largest absolute Gasteiger partial charge is 0.459 e. The van der Waals surface area contributed by atoms with E-state index in [2.05, 4.69) is 0 Å². The van der Waals surface area contributed by atoms with Gasteiger partial charge in [-0.25, -0.2) is 0 Å². The highest BCUT2D eigenvalue weighted by Crippen LogP contribution is 2.42. The van der Waals surface area contributed by atoms with Crippen LogP contribution in [0.4, 0.5) is 0 Å². The SMILES string of the molecule is CN(C)C(=O)C1=C[C@H](C2CC2)C[C@H](OCCCCO)O1. The number of ether oxygens (including phenoxy) is 2. The van der Waals surface area contributed by atoms with Gasteiger partial charge in [-0.05, 0) is 43.6 Å². The van der Waals surface area contributed by atoms with Crippen LogP contribution in [0.2, 0.25) is 0 Å². The lowest BCUT2D eigenvalue weighted by molar-refractivity contribution is -0.154. The van der Waals surface area contributed by atoms with Crippen LogP contribution in [0.25, 0.3) is 0 Å². The molecule has 0 aromatic rings. The number of rotatable bonds is 7. The number of aliphatic hydroxyl groups is 1. The van der Waals surface area contributed by atoms with E-state index in [1.807, 2.05) is 6.08 Å². The first kappa shape index (κ1) is 15.3. The van der Waals surface area contributed by atoms with E-state index in [9.17, 15) is 4.79 Å². The second-order valence-electron chi connectivity index (χ2n) is 5.82. The van der Waals surface area contributed by atoms with E-state index in [1.54, 1.807) is 14.1 Å². The topological polar surface area (TPSA) is 59.0 Å². The van der Waals surface area contributed by atoms with Gasteiger partial charge in [0.05, 0.1) is 6.61 Å². The summed E-state index contributed by atoms with van der Waals surface area (Å²) in [5, 5.41) is 8.76. The summed E-state index contributed by atoms with van der Waals surface area (Å²) in [7, 11) is 3.45. The second kappa shape index (κ2) is 7.09. The van der Waals surface area contributed by atoms with E-state index in [0.717, 1.165) is 19.3 Å². The van der Waals surface area contributed by atoms with Crippen molar-refractivity contribution < 1.29 is 19.4 Å². The van der Waals surface area contributed by atoms with Crippen molar-refractivity contribution in [1.29, 1.82) is 0 Å². The van der Waals surface area contributed by atoms with Gasteiger partial charge in [-0.1, -0.05) is 0 Å². The molecule has 2 aliphatic rings. The smallest absolute Gasteiger partial charge is 0.288 e. The molecule has 2 atom stereocenters. The lowest BCUT2D eigenvalue weighted by atomic mass is 9.96. The summed E-state index contributed by atoms with van der Waals surface area (Å²) in [6.45, 7) is 0.746. The molecule has 0 saturated heterocycles. The van der Waals surface area contributed by atoms with Crippen LogP contribution in [0, 0.1) is 11.8 Å². The van der Waals surface area contributed by atoms with Crippen molar-refractivity contribution >= 4 is 5.91 Å². The Morgan fingerprint density at radius 1 is 1.45 bits per heavy atom. The fraction of sp³-hybridized carbons (Fsp3) is 0.800. The molecule has 0 aromatic carbocycles. The van der Waals surface area contributed by atoms with Gasteiger partial charge in [0.15, 0.2) is 5.76 Å². The molecule has 5 heteroatoms. The zero-order chi connectivity index (χ0) is 14.5. The van der Waals surface area contributed by atoms with Crippen LogP contribution in [0.15, 0.2) is 11.8 Å². The van der Waals surface area contributed by atoms with Crippen LogP contribution >= 0.6 is 0 Å². The molecule has 20 heavy (non-hydrogen) atoms. The number of allylic oxidation sites excluding steroid dienone is 1. The molecule has 1 amide bonds. The Hall–Kier alpha value is -1.07. The van der Waals surface area contributed by atoms with E-state index in [-0.39, 0.29) is 18.8 Å². The van der Waals surface area contributed by atoms with E-state index >= 15 is 0 Å². The predicted molar refractivity (Wildman–Crippen MR) is 74.8 cm³/mol. The fourth-order valence-electron chi connectivity index (χ4n) is 2.44.